The Morgan fingerprint density at radius 3 is 2.59 bits per heavy atom. The minimum atomic E-state index is -1.02. The average Bonchev–Trinajstić information content (AvgIpc) is 2.95. The van der Waals surface area contributed by atoms with Gasteiger partial charge in [-0.3, -0.25) is 9.59 Å². The Labute approximate surface area is 160 Å². The first-order valence-electron chi connectivity index (χ1n) is 8.43. The van der Waals surface area contributed by atoms with Gasteiger partial charge in [0, 0.05) is 32.4 Å². The second-order valence-corrected chi connectivity index (χ2v) is 6.78. The molecule has 140 valence electrons. The molecule has 2 aromatic rings. The fraction of sp³-hybridized carbons (Fsp3) is 0.353. The van der Waals surface area contributed by atoms with Crippen LogP contribution in [0.1, 0.15) is 22.4 Å². The number of likely N-dealkylation sites (N-methyl/N-ethyl adjacent to an activating group) is 1. The van der Waals surface area contributed by atoms with Gasteiger partial charge in [0.25, 0.3) is 12.4 Å². The van der Waals surface area contributed by atoms with E-state index < -0.39 is 12.1 Å². The number of fused-ring (bicyclic) bond motifs is 1. The molecule has 1 saturated heterocycles. The van der Waals surface area contributed by atoms with Crippen molar-refractivity contribution in [2.45, 2.75) is 6.23 Å². The number of piperazine rings is 1. The normalized spacial score (nSPS) is 19.9. The van der Waals surface area contributed by atoms with E-state index >= 15 is 0 Å². The van der Waals surface area contributed by atoms with Crippen molar-refractivity contribution in [2.24, 2.45) is 0 Å². The predicted molar refractivity (Wildman–Crippen MR) is 97.7 cm³/mol. The van der Waals surface area contributed by atoms with Crippen molar-refractivity contribution in [3.05, 3.63) is 40.9 Å². The zero-order valence-corrected chi connectivity index (χ0v) is 15.3. The Morgan fingerprint density at radius 1 is 1.15 bits per heavy atom. The van der Waals surface area contributed by atoms with Crippen LogP contribution in [0, 0.1) is 0 Å². The summed E-state index contributed by atoms with van der Waals surface area (Å²) in [6, 6.07) is 3.18. The fourth-order valence-electron chi connectivity index (χ4n) is 3.17. The minimum absolute atomic E-state index is 0.150. The molecule has 9 nitrogen and oxygen atoms in total. The molecular formula is C17H17ClN6O3. The van der Waals surface area contributed by atoms with E-state index in [-0.39, 0.29) is 5.69 Å². The van der Waals surface area contributed by atoms with Gasteiger partial charge in [0.2, 0.25) is 6.23 Å². The van der Waals surface area contributed by atoms with Gasteiger partial charge in [-0.25, -0.2) is 19.9 Å². The molecule has 0 aliphatic carbocycles. The molecular weight excluding hydrogens is 372 g/mol. The van der Waals surface area contributed by atoms with Gasteiger partial charge < -0.3 is 14.5 Å². The lowest BCUT2D eigenvalue weighted by Gasteiger charge is -2.33. The van der Waals surface area contributed by atoms with Gasteiger partial charge in [0.05, 0.1) is 11.2 Å². The second-order valence-electron chi connectivity index (χ2n) is 6.35. The molecule has 0 aromatic carbocycles. The number of nitrogens with zero attached hydrogens (tertiary/aromatic N) is 6. The third-order valence-electron chi connectivity index (χ3n) is 4.65. The van der Waals surface area contributed by atoms with Crippen molar-refractivity contribution < 1.29 is 14.3 Å². The molecule has 1 fully saturated rings. The van der Waals surface area contributed by atoms with E-state index in [9.17, 15) is 9.59 Å². The molecule has 1 atom stereocenters. The van der Waals surface area contributed by atoms with Crippen LogP contribution < -0.4 is 9.80 Å². The van der Waals surface area contributed by atoms with Gasteiger partial charge in [0.1, 0.15) is 17.3 Å². The Kier molecular flexibility index (Phi) is 4.63. The highest BCUT2D eigenvalue weighted by atomic mass is 35.5. The van der Waals surface area contributed by atoms with E-state index in [1.807, 2.05) is 0 Å². The number of anilines is 2. The van der Waals surface area contributed by atoms with E-state index in [1.54, 1.807) is 18.3 Å². The first-order valence-corrected chi connectivity index (χ1v) is 8.81. The zero-order valence-electron chi connectivity index (χ0n) is 14.6. The molecule has 4 rings (SSSR count). The summed E-state index contributed by atoms with van der Waals surface area (Å²) in [5.41, 5.74) is 0.455. The van der Waals surface area contributed by atoms with E-state index in [0.29, 0.717) is 28.8 Å². The maximum absolute atomic E-state index is 12.8. The number of hydrogen-bond donors (Lipinski definition) is 0. The monoisotopic (exact) mass is 388 g/mol. The first-order chi connectivity index (χ1) is 13.1. The van der Waals surface area contributed by atoms with Crippen LogP contribution >= 0.6 is 11.6 Å². The van der Waals surface area contributed by atoms with Crippen molar-refractivity contribution >= 4 is 35.6 Å². The number of rotatable bonds is 4. The number of halogens is 1. The highest BCUT2D eigenvalue weighted by molar-refractivity contribution is 6.30. The largest absolute Gasteiger partial charge is 0.437 e. The van der Waals surface area contributed by atoms with Gasteiger partial charge in [-0.1, -0.05) is 11.6 Å². The summed E-state index contributed by atoms with van der Waals surface area (Å²) in [6.07, 6.45) is 1.99. The van der Waals surface area contributed by atoms with Gasteiger partial charge in [-0.05, 0) is 19.2 Å². The van der Waals surface area contributed by atoms with Crippen LogP contribution in [-0.4, -0.2) is 65.5 Å². The number of pyridine rings is 1. The summed E-state index contributed by atoms with van der Waals surface area (Å²) in [6.45, 7) is 3.72. The summed E-state index contributed by atoms with van der Waals surface area (Å²) in [7, 11) is 2.06. The quantitative estimate of drug-likeness (QED) is 0.719. The van der Waals surface area contributed by atoms with E-state index in [2.05, 4.69) is 31.8 Å². The Bertz CT molecular complexity index is 869. The summed E-state index contributed by atoms with van der Waals surface area (Å²) in [5, 5.41) is 0.435. The van der Waals surface area contributed by atoms with Crippen LogP contribution in [0.5, 0.6) is 0 Å². The number of ether oxygens (including phenoxy) is 1. The predicted octanol–water partition coefficient (Wildman–Crippen LogP) is 1.11. The molecule has 1 amide bonds. The molecule has 4 heterocycles. The number of aromatic nitrogens is 3. The lowest BCUT2D eigenvalue weighted by molar-refractivity contribution is -0.133. The number of carbonyl (C=O) groups excluding carboxylic acids is 2. The molecule has 2 aromatic heterocycles. The van der Waals surface area contributed by atoms with E-state index in [1.165, 1.54) is 11.1 Å². The van der Waals surface area contributed by atoms with Crippen molar-refractivity contribution in [3.8, 4) is 0 Å². The fourth-order valence-corrected chi connectivity index (χ4v) is 3.29. The van der Waals surface area contributed by atoms with Crippen LogP contribution in [-0.2, 0) is 9.53 Å². The molecule has 0 spiro atoms. The average molecular weight is 389 g/mol. The molecule has 2 aliphatic heterocycles. The number of carbonyl (C=O) groups is 2. The van der Waals surface area contributed by atoms with Crippen LogP contribution in [0.25, 0.3) is 0 Å². The van der Waals surface area contributed by atoms with Crippen LogP contribution in [0.2, 0.25) is 5.02 Å². The van der Waals surface area contributed by atoms with Gasteiger partial charge in [-0.2, -0.15) is 0 Å². The SMILES string of the molecule is CN1CCN(c2cnc3c(n2)C(OC=O)N(c2ccc(Cl)cn2)C3=O)CC1. The third kappa shape index (κ3) is 3.19. The van der Waals surface area contributed by atoms with Crippen LogP contribution in [0.15, 0.2) is 24.5 Å². The molecule has 2 aliphatic rings. The summed E-state index contributed by atoms with van der Waals surface area (Å²) >= 11 is 5.87. The standard InChI is InChI=1S/C17H17ClN6O3/c1-22-4-6-23(7-5-22)13-9-20-14-15(21-13)17(27-10-25)24(16(14)26)12-3-2-11(18)8-19-12/h2-3,8-10,17H,4-7H2,1H3. The van der Waals surface area contributed by atoms with Crippen molar-refractivity contribution in [1.29, 1.82) is 0 Å². The van der Waals surface area contributed by atoms with Crippen molar-refractivity contribution in [3.63, 3.8) is 0 Å². The lowest BCUT2D eigenvalue weighted by atomic mass is 10.3. The summed E-state index contributed by atoms with van der Waals surface area (Å²) in [4.78, 5) is 42.5. The lowest BCUT2D eigenvalue weighted by Crippen LogP contribution is -2.45. The zero-order chi connectivity index (χ0) is 19.0. The molecule has 0 radical (unpaired) electrons. The topological polar surface area (TPSA) is 91.8 Å². The second kappa shape index (κ2) is 7.09. The maximum atomic E-state index is 12.8. The Morgan fingerprint density at radius 2 is 1.93 bits per heavy atom. The molecule has 0 bridgehead atoms. The number of hydrogen-bond acceptors (Lipinski definition) is 8. The molecule has 10 heteroatoms. The van der Waals surface area contributed by atoms with Crippen molar-refractivity contribution in [1.82, 2.24) is 19.9 Å². The molecule has 27 heavy (non-hydrogen) atoms. The Hall–Kier alpha value is -2.78. The van der Waals surface area contributed by atoms with Gasteiger partial charge in [-0.15, -0.1) is 0 Å². The van der Waals surface area contributed by atoms with Gasteiger partial charge >= 0.3 is 0 Å². The van der Waals surface area contributed by atoms with E-state index in [0.717, 1.165) is 26.2 Å². The van der Waals surface area contributed by atoms with Crippen LogP contribution in [0.3, 0.4) is 0 Å². The Balaban J connectivity index is 1.70. The third-order valence-corrected chi connectivity index (χ3v) is 4.87. The molecule has 0 N–H and O–H groups in total. The first kappa shape index (κ1) is 17.6. The highest BCUT2D eigenvalue weighted by Crippen LogP contribution is 2.36. The molecule has 0 saturated carbocycles. The van der Waals surface area contributed by atoms with Gasteiger partial charge in [0.15, 0.2) is 5.69 Å². The molecule has 1 unspecified atom stereocenters. The summed E-state index contributed by atoms with van der Waals surface area (Å²) < 4.78 is 5.18. The maximum Gasteiger partial charge on any atom is 0.295 e. The minimum Gasteiger partial charge on any atom is -0.437 e. The van der Waals surface area contributed by atoms with Crippen LogP contribution in [0.4, 0.5) is 11.6 Å². The van der Waals surface area contributed by atoms with E-state index in [4.69, 9.17) is 16.3 Å². The number of amides is 1. The summed E-state index contributed by atoms with van der Waals surface area (Å²) in [5.74, 6) is 0.529. The smallest absolute Gasteiger partial charge is 0.295 e. The van der Waals surface area contributed by atoms with Crippen molar-refractivity contribution in [2.75, 3.05) is 43.0 Å². The highest BCUT2D eigenvalue weighted by Gasteiger charge is 2.43.